The van der Waals surface area contributed by atoms with Gasteiger partial charge in [-0.05, 0) is 25.0 Å². The average Bonchev–Trinajstić information content (AvgIpc) is 2.17. The minimum atomic E-state index is -0.383. The first-order chi connectivity index (χ1) is 6.15. The molecule has 1 rings (SSSR count). The van der Waals surface area contributed by atoms with Crippen molar-refractivity contribution >= 4 is 11.3 Å². The van der Waals surface area contributed by atoms with Crippen molar-refractivity contribution < 1.29 is 4.92 Å². The maximum Gasteiger partial charge on any atom is 0.270 e. The number of allylic oxidation sites excluding steroid dienone is 2. The number of benzene rings is 1. The zero-order valence-corrected chi connectivity index (χ0v) is 7.65. The highest BCUT2D eigenvalue weighted by Gasteiger charge is 2.05. The zero-order valence-electron chi connectivity index (χ0n) is 7.65. The second kappa shape index (κ2) is 3.85. The summed E-state index contributed by atoms with van der Waals surface area (Å²) in [4.78, 5) is 10.1. The molecule has 0 radical (unpaired) electrons. The maximum absolute atomic E-state index is 10.5. The van der Waals surface area contributed by atoms with E-state index in [0.29, 0.717) is 0 Å². The van der Waals surface area contributed by atoms with Crippen molar-refractivity contribution in [3.63, 3.8) is 0 Å². The third-order valence-electron chi connectivity index (χ3n) is 1.95. The van der Waals surface area contributed by atoms with E-state index in [2.05, 4.69) is 0 Å². The Morgan fingerprint density at radius 3 is 2.77 bits per heavy atom. The second-order valence-corrected chi connectivity index (χ2v) is 2.78. The van der Waals surface area contributed by atoms with Crippen LogP contribution in [-0.2, 0) is 0 Å². The van der Waals surface area contributed by atoms with Gasteiger partial charge < -0.3 is 0 Å². The molecule has 3 nitrogen and oxygen atoms in total. The second-order valence-electron chi connectivity index (χ2n) is 2.78. The first-order valence-electron chi connectivity index (χ1n) is 4.03. The zero-order chi connectivity index (χ0) is 9.84. The van der Waals surface area contributed by atoms with Crippen molar-refractivity contribution in [1.29, 1.82) is 0 Å². The van der Waals surface area contributed by atoms with Crippen molar-refractivity contribution in [2.24, 2.45) is 0 Å². The Bertz CT molecular complexity index is 356. The third-order valence-corrected chi connectivity index (χ3v) is 1.95. The molecule has 1 aromatic rings. The lowest BCUT2D eigenvalue weighted by Crippen LogP contribution is -1.88. The van der Waals surface area contributed by atoms with Crippen molar-refractivity contribution in [2.75, 3.05) is 0 Å². The molecule has 0 heterocycles. The third kappa shape index (κ3) is 2.15. The lowest BCUT2D eigenvalue weighted by atomic mass is 10.1. The van der Waals surface area contributed by atoms with Crippen LogP contribution >= 0.6 is 0 Å². The number of nitrogens with zero attached hydrogens (tertiary/aromatic N) is 1. The van der Waals surface area contributed by atoms with Crippen LogP contribution in [0, 0.1) is 10.1 Å². The minimum absolute atomic E-state index is 0.138. The summed E-state index contributed by atoms with van der Waals surface area (Å²) in [6.45, 7) is 3.84. The first-order valence-corrected chi connectivity index (χ1v) is 4.03. The largest absolute Gasteiger partial charge is 0.270 e. The first kappa shape index (κ1) is 9.45. The van der Waals surface area contributed by atoms with Gasteiger partial charge in [-0.15, -0.1) is 0 Å². The summed E-state index contributed by atoms with van der Waals surface area (Å²) in [7, 11) is 0. The van der Waals surface area contributed by atoms with E-state index in [9.17, 15) is 10.1 Å². The molecule has 0 aliphatic heterocycles. The summed E-state index contributed by atoms with van der Waals surface area (Å²) in [5, 5.41) is 10.5. The van der Waals surface area contributed by atoms with Gasteiger partial charge in [-0.1, -0.05) is 18.2 Å². The van der Waals surface area contributed by atoms with Gasteiger partial charge in [0.2, 0.25) is 0 Å². The minimum Gasteiger partial charge on any atom is -0.258 e. The van der Waals surface area contributed by atoms with Gasteiger partial charge >= 0.3 is 0 Å². The van der Waals surface area contributed by atoms with Crippen LogP contribution in [0.15, 0.2) is 30.3 Å². The van der Waals surface area contributed by atoms with Crippen LogP contribution in [0.4, 0.5) is 5.69 Å². The van der Waals surface area contributed by atoms with Crippen molar-refractivity contribution in [3.8, 4) is 0 Å². The predicted molar refractivity (Wildman–Crippen MR) is 52.4 cm³/mol. The predicted octanol–water partition coefficient (Wildman–Crippen LogP) is 3.02. The summed E-state index contributed by atoms with van der Waals surface area (Å²) in [6.07, 6.45) is 1.93. The van der Waals surface area contributed by atoms with Gasteiger partial charge in [0, 0.05) is 12.1 Å². The van der Waals surface area contributed by atoms with E-state index in [4.69, 9.17) is 0 Å². The van der Waals surface area contributed by atoms with Crippen LogP contribution < -0.4 is 0 Å². The van der Waals surface area contributed by atoms with Crippen LogP contribution in [0.5, 0.6) is 0 Å². The molecule has 0 aliphatic carbocycles. The van der Waals surface area contributed by atoms with E-state index in [1.165, 1.54) is 6.07 Å². The molecule has 0 aliphatic rings. The molecule has 68 valence electrons. The van der Waals surface area contributed by atoms with Crippen LogP contribution in [0.2, 0.25) is 0 Å². The Balaban J connectivity index is 3.13. The average molecular weight is 177 g/mol. The van der Waals surface area contributed by atoms with Crippen LogP contribution in [0.25, 0.3) is 5.57 Å². The highest BCUT2D eigenvalue weighted by Crippen LogP contribution is 2.19. The molecule has 0 atom stereocenters. The van der Waals surface area contributed by atoms with E-state index in [1.54, 1.807) is 12.1 Å². The number of hydrogen-bond acceptors (Lipinski definition) is 2. The van der Waals surface area contributed by atoms with Crippen LogP contribution in [0.3, 0.4) is 0 Å². The highest BCUT2D eigenvalue weighted by molar-refractivity contribution is 5.65. The molecule has 0 unspecified atom stereocenters. The Hall–Kier alpha value is -1.64. The molecular weight excluding hydrogens is 166 g/mol. The molecule has 0 saturated carbocycles. The van der Waals surface area contributed by atoms with Crippen molar-refractivity contribution in [2.45, 2.75) is 13.8 Å². The number of nitro groups is 1. The fourth-order valence-electron chi connectivity index (χ4n) is 1.03. The number of rotatable bonds is 2. The molecule has 0 spiro atoms. The van der Waals surface area contributed by atoms with Crippen LogP contribution in [0.1, 0.15) is 19.4 Å². The van der Waals surface area contributed by atoms with E-state index >= 15 is 0 Å². The van der Waals surface area contributed by atoms with E-state index in [0.717, 1.165) is 11.1 Å². The molecule has 0 bridgehead atoms. The van der Waals surface area contributed by atoms with E-state index in [-0.39, 0.29) is 10.6 Å². The molecule has 0 saturated heterocycles. The molecule has 0 amide bonds. The summed E-state index contributed by atoms with van der Waals surface area (Å²) in [5.74, 6) is 0. The van der Waals surface area contributed by atoms with Gasteiger partial charge in [-0.25, -0.2) is 0 Å². The molecule has 1 aromatic carbocycles. The lowest BCUT2D eigenvalue weighted by Gasteiger charge is -1.99. The molecule has 0 aromatic heterocycles. The molecular formula is C10H11NO2. The SMILES string of the molecule is CC=C(C)c1cccc([N+](=O)[O-])c1. The van der Waals surface area contributed by atoms with Crippen molar-refractivity contribution in [1.82, 2.24) is 0 Å². The van der Waals surface area contributed by atoms with Gasteiger partial charge in [0.1, 0.15) is 0 Å². The topological polar surface area (TPSA) is 43.1 Å². The molecule has 0 N–H and O–H groups in total. The summed E-state index contributed by atoms with van der Waals surface area (Å²) in [5.41, 5.74) is 2.08. The lowest BCUT2D eigenvalue weighted by molar-refractivity contribution is -0.384. The number of hydrogen-bond donors (Lipinski definition) is 0. The van der Waals surface area contributed by atoms with Crippen molar-refractivity contribution in [3.05, 3.63) is 46.0 Å². The quantitative estimate of drug-likeness (QED) is 0.514. The fraction of sp³-hybridized carbons (Fsp3) is 0.200. The fourth-order valence-corrected chi connectivity index (χ4v) is 1.03. The maximum atomic E-state index is 10.5. The van der Waals surface area contributed by atoms with E-state index in [1.807, 2.05) is 26.0 Å². The van der Waals surface area contributed by atoms with Gasteiger partial charge in [0.05, 0.1) is 4.92 Å². The summed E-state index contributed by atoms with van der Waals surface area (Å²) < 4.78 is 0. The van der Waals surface area contributed by atoms with E-state index < -0.39 is 0 Å². The van der Waals surface area contributed by atoms with Crippen LogP contribution in [-0.4, -0.2) is 4.92 Å². The smallest absolute Gasteiger partial charge is 0.258 e. The molecule has 13 heavy (non-hydrogen) atoms. The molecule has 0 fully saturated rings. The van der Waals surface area contributed by atoms with Gasteiger partial charge in [0.25, 0.3) is 5.69 Å². The summed E-state index contributed by atoms with van der Waals surface area (Å²) >= 11 is 0. The number of non-ortho nitro benzene ring substituents is 1. The highest BCUT2D eigenvalue weighted by atomic mass is 16.6. The summed E-state index contributed by atoms with van der Waals surface area (Å²) in [6, 6.07) is 6.63. The monoisotopic (exact) mass is 177 g/mol. The van der Waals surface area contributed by atoms with Gasteiger partial charge in [0.15, 0.2) is 0 Å². The number of nitro benzene ring substituents is 1. The Kier molecular flexibility index (Phi) is 2.80. The van der Waals surface area contributed by atoms with Gasteiger partial charge in [-0.2, -0.15) is 0 Å². The Labute approximate surface area is 76.9 Å². The molecule has 3 heteroatoms. The van der Waals surface area contributed by atoms with Gasteiger partial charge in [-0.3, -0.25) is 10.1 Å². The Morgan fingerprint density at radius 2 is 2.23 bits per heavy atom. The standard InChI is InChI=1S/C10H11NO2/c1-3-8(2)9-5-4-6-10(7-9)11(12)13/h3-7H,1-2H3. The normalized spacial score (nSPS) is 11.4. The Morgan fingerprint density at radius 1 is 1.54 bits per heavy atom.